The number of carbonyl (C=O) groups excluding carboxylic acids is 2. The molecule has 1 aromatic heterocycles. The Balaban J connectivity index is 1.64. The molecule has 130 valence electrons. The summed E-state index contributed by atoms with van der Waals surface area (Å²) in [6, 6.07) is 12.9. The van der Waals surface area contributed by atoms with E-state index in [2.05, 4.69) is 17.2 Å². The standard InChI is InChI=1S/C20H23N3O2/c1-15-8-11-23(12-9-15)20(25)18-13-17(7-10-21-18)19(24)22-14-16-5-3-2-4-6-16/h2-7,10,13,15H,8-9,11-12,14H2,1H3,(H,22,24). The fourth-order valence-electron chi connectivity index (χ4n) is 2.94. The van der Waals surface area contributed by atoms with Crippen molar-refractivity contribution in [3.63, 3.8) is 0 Å². The van der Waals surface area contributed by atoms with Crippen LogP contribution < -0.4 is 5.32 Å². The number of likely N-dealkylation sites (tertiary alicyclic amines) is 1. The van der Waals surface area contributed by atoms with Crippen molar-refractivity contribution < 1.29 is 9.59 Å². The number of hydrogen-bond acceptors (Lipinski definition) is 3. The van der Waals surface area contributed by atoms with Crippen LogP contribution in [0, 0.1) is 5.92 Å². The molecular formula is C20H23N3O2. The Labute approximate surface area is 148 Å². The maximum absolute atomic E-state index is 12.6. The lowest BCUT2D eigenvalue weighted by Gasteiger charge is -2.30. The van der Waals surface area contributed by atoms with Crippen molar-refractivity contribution in [3.8, 4) is 0 Å². The van der Waals surface area contributed by atoms with Gasteiger partial charge in [-0.2, -0.15) is 0 Å². The lowest BCUT2D eigenvalue weighted by atomic mass is 9.99. The minimum atomic E-state index is -0.201. The molecular weight excluding hydrogens is 314 g/mol. The summed E-state index contributed by atoms with van der Waals surface area (Å²) in [6.07, 6.45) is 3.56. The Morgan fingerprint density at radius 3 is 2.60 bits per heavy atom. The second-order valence-corrected chi connectivity index (χ2v) is 6.57. The minimum Gasteiger partial charge on any atom is -0.348 e. The van der Waals surface area contributed by atoms with Crippen molar-refractivity contribution >= 4 is 11.8 Å². The number of aromatic nitrogens is 1. The molecule has 5 nitrogen and oxygen atoms in total. The molecule has 0 bridgehead atoms. The molecule has 1 aromatic carbocycles. The summed E-state index contributed by atoms with van der Waals surface area (Å²) in [5, 5.41) is 2.88. The first-order valence-corrected chi connectivity index (χ1v) is 8.71. The van der Waals surface area contributed by atoms with Gasteiger partial charge in [-0.3, -0.25) is 14.6 Å². The van der Waals surface area contributed by atoms with E-state index < -0.39 is 0 Å². The van der Waals surface area contributed by atoms with E-state index in [1.54, 1.807) is 12.1 Å². The third kappa shape index (κ3) is 4.44. The molecule has 2 amide bonds. The van der Waals surface area contributed by atoms with Gasteiger partial charge in [0, 0.05) is 31.4 Å². The predicted octanol–water partition coefficient (Wildman–Crippen LogP) is 2.88. The Morgan fingerprint density at radius 2 is 1.88 bits per heavy atom. The normalized spacial score (nSPS) is 15.0. The number of pyridine rings is 1. The molecule has 0 radical (unpaired) electrons. The average Bonchev–Trinajstić information content (AvgIpc) is 2.67. The molecule has 5 heteroatoms. The zero-order valence-electron chi connectivity index (χ0n) is 14.4. The van der Waals surface area contributed by atoms with E-state index in [0.29, 0.717) is 23.7 Å². The van der Waals surface area contributed by atoms with Crippen LogP contribution in [0.15, 0.2) is 48.7 Å². The quantitative estimate of drug-likeness (QED) is 0.933. The first-order valence-electron chi connectivity index (χ1n) is 8.71. The van der Waals surface area contributed by atoms with Crippen LogP contribution in [0.25, 0.3) is 0 Å². The second kappa shape index (κ2) is 7.92. The van der Waals surface area contributed by atoms with Crippen LogP contribution >= 0.6 is 0 Å². The fraction of sp³-hybridized carbons (Fsp3) is 0.350. The summed E-state index contributed by atoms with van der Waals surface area (Å²) in [7, 11) is 0. The van der Waals surface area contributed by atoms with E-state index in [0.717, 1.165) is 31.5 Å². The number of rotatable bonds is 4. The maximum atomic E-state index is 12.6. The Hall–Kier alpha value is -2.69. The van der Waals surface area contributed by atoms with Gasteiger partial charge in [0.1, 0.15) is 5.69 Å². The summed E-state index contributed by atoms with van der Waals surface area (Å²) in [5.41, 5.74) is 1.82. The molecule has 1 aliphatic heterocycles. The lowest BCUT2D eigenvalue weighted by molar-refractivity contribution is 0.0691. The maximum Gasteiger partial charge on any atom is 0.272 e. The van der Waals surface area contributed by atoms with Crippen LogP contribution in [-0.2, 0) is 6.54 Å². The van der Waals surface area contributed by atoms with Crippen LogP contribution in [0.5, 0.6) is 0 Å². The molecule has 1 fully saturated rings. The van der Waals surface area contributed by atoms with E-state index >= 15 is 0 Å². The highest BCUT2D eigenvalue weighted by Crippen LogP contribution is 2.18. The minimum absolute atomic E-state index is 0.0930. The zero-order chi connectivity index (χ0) is 17.6. The number of nitrogens with one attached hydrogen (secondary N) is 1. The van der Waals surface area contributed by atoms with Gasteiger partial charge >= 0.3 is 0 Å². The second-order valence-electron chi connectivity index (χ2n) is 6.57. The molecule has 2 heterocycles. The summed E-state index contributed by atoms with van der Waals surface area (Å²) >= 11 is 0. The summed E-state index contributed by atoms with van der Waals surface area (Å²) in [4.78, 5) is 30.9. The van der Waals surface area contributed by atoms with E-state index in [4.69, 9.17) is 0 Å². The van der Waals surface area contributed by atoms with Crippen LogP contribution in [0.3, 0.4) is 0 Å². The highest BCUT2D eigenvalue weighted by Gasteiger charge is 2.22. The van der Waals surface area contributed by atoms with Crippen molar-refractivity contribution in [3.05, 3.63) is 65.5 Å². The number of benzene rings is 1. The van der Waals surface area contributed by atoms with Gasteiger partial charge in [-0.15, -0.1) is 0 Å². The predicted molar refractivity (Wildman–Crippen MR) is 96.2 cm³/mol. The number of amides is 2. The summed E-state index contributed by atoms with van der Waals surface area (Å²) in [6.45, 7) is 4.17. The lowest BCUT2D eigenvalue weighted by Crippen LogP contribution is -2.38. The Morgan fingerprint density at radius 1 is 1.16 bits per heavy atom. The Kier molecular flexibility index (Phi) is 5.43. The largest absolute Gasteiger partial charge is 0.348 e. The highest BCUT2D eigenvalue weighted by molar-refractivity contribution is 5.98. The SMILES string of the molecule is CC1CCN(C(=O)c2cc(C(=O)NCc3ccccc3)ccn2)CC1. The molecule has 1 aliphatic rings. The molecule has 0 unspecified atom stereocenters. The van der Waals surface area contributed by atoms with Gasteiger partial charge in [0.05, 0.1) is 0 Å². The van der Waals surface area contributed by atoms with Gasteiger partial charge < -0.3 is 10.2 Å². The molecule has 1 saturated heterocycles. The molecule has 2 aromatic rings. The summed E-state index contributed by atoms with van der Waals surface area (Å²) < 4.78 is 0. The van der Waals surface area contributed by atoms with Crippen molar-refractivity contribution in [1.82, 2.24) is 15.2 Å². The third-order valence-electron chi connectivity index (χ3n) is 4.61. The number of nitrogens with zero attached hydrogens (tertiary/aromatic N) is 2. The van der Waals surface area contributed by atoms with E-state index in [9.17, 15) is 9.59 Å². The molecule has 0 saturated carbocycles. The number of carbonyl (C=O) groups is 2. The molecule has 0 atom stereocenters. The summed E-state index contributed by atoms with van der Waals surface area (Å²) in [5.74, 6) is 0.365. The number of hydrogen-bond donors (Lipinski definition) is 1. The van der Waals surface area contributed by atoms with Gasteiger partial charge in [0.15, 0.2) is 0 Å². The first kappa shape index (κ1) is 17.1. The van der Waals surface area contributed by atoms with Gasteiger partial charge in [0.2, 0.25) is 0 Å². The average molecular weight is 337 g/mol. The van der Waals surface area contributed by atoms with Crippen LogP contribution in [0.1, 0.15) is 46.2 Å². The highest BCUT2D eigenvalue weighted by atomic mass is 16.2. The molecule has 3 rings (SSSR count). The van der Waals surface area contributed by atoms with Crippen molar-refractivity contribution in [2.45, 2.75) is 26.3 Å². The molecule has 1 N–H and O–H groups in total. The Bertz CT molecular complexity index is 738. The van der Waals surface area contributed by atoms with Gasteiger partial charge in [-0.1, -0.05) is 37.3 Å². The van der Waals surface area contributed by atoms with E-state index in [1.807, 2.05) is 35.2 Å². The van der Waals surface area contributed by atoms with Crippen LogP contribution in [0.4, 0.5) is 0 Å². The zero-order valence-corrected chi connectivity index (χ0v) is 14.4. The van der Waals surface area contributed by atoms with Crippen LogP contribution in [0.2, 0.25) is 0 Å². The molecule has 25 heavy (non-hydrogen) atoms. The van der Waals surface area contributed by atoms with E-state index in [1.165, 1.54) is 6.20 Å². The third-order valence-corrected chi connectivity index (χ3v) is 4.61. The monoisotopic (exact) mass is 337 g/mol. The van der Waals surface area contributed by atoms with Gasteiger partial charge in [-0.25, -0.2) is 0 Å². The van der Waals surface area contributed by atoms with Gasteiger partial charge in [0.25, 0.3) is 11.8 Å². The topological polar surface area (TPSA) is 62.3 Å². The van der Waals surface area contributed by atoms with Crippen molar-refractivity contribution in [1.29, 1.82) is 0 Å². The van der Waals surface area contributed by atoms with E-state index in [-0.39, 0.29) is 11.8 Å². The van der Waals surface area contributed by atoms with Crippen LogP contribution in [-0.4, -0.2) is 34.8 Å². The fourth-order valence-corrected chi connectivity index (χ4v) is 2.94. The smallest absolute Gasteiger partial charge is 0.272 e. The molecule has 0 spiro atoms. The van der Waals surface area contributed by atoms with Crippen molar-refractivity contribution in [2.75, 3.05) is 13.1 Å². The van der Waals surface area contributed by atoms with Crippen molar-refractivity contribution in [2.24, 2.45) is 5.92 Å². The van der Waals surface area contributed by atoms with Gasteiger partial charge in [-0.05, 0) is 36.5 Å². The number of piperidine rings is 1. The molecule has 0 aliphatic carbocycles. The first-order chi connectivity index (χ1) is 12.1.